The topological polar surface area (TPSA) is 42.9 Å². The largest absolute Gasteiger partial charge is 0.294 e. The first-order valence-electron chi connectivity index (χ1n) is 5.06. The fraction of sp³-hybridized carbons (Fsp3) is 0.154. The van der Waals surface area contributed by atoms with Gasteiger partial charge in [-0.1, -0.05) is 6.07 Å². The molecule has 0 aromatic carbocycles. The lowest BCUT2D eigenvalue weighted by Crippen LogP contribution is -1.94. The van der Waals surface area contributed by atoms with Gasteiger partial charge in [-0.05, 0) is 26.0 Å². The van der Waals surface area contributed by atoms with Crippen molar-refractivity contribution < 1.29 is 4.79 Å². The molecule has 0 aliphatic heterocycles. The fourth-order valence-corrected chi connectivity index (χ4v) is 1.43. The van der Waals surface area contributed by atoms with Gasteiger partial charge in [0.05, 0.1) is 0 Å². The summed E-state index contributed by atoms with van der Waals surface area (Å²) in [6, 6.07) is 5.75. The lowest BCUT2D eigenvalue weighted by Gasteiger charge is -2.02. The second-order valence-corrected chi connectivity index (χ2v) is 3.71. The number of hydrogen-bond acceptors (Lipinski definition) is 3. The zero-order valence-corrected chi connectivity index (χ0v) is 9.27. The molecule has 0 aliphatic carbocycles. The average molecular weight is 212 g/mol. The summed E-state index contributed by atoms with van der Waals surface area (Å²) in [5, 5.41) is 0. The zero-order chi connectivity index (χ0) is 11.5. The Balaban J connectivity index is 2.44. The maximum absolute atomic E-state index is 11.2. The number of aryl methyl sites for hydroxylation is 1. The van der Waals surface area contributed by atoms with Crippen LogP contribution in [0.4, 0.5) is 0 Å². The zero-order valence-electron chi connectivity index (χ0n) is 9.27. The fourth-order valence-electron chi connectivity index (χ4n) is 1.43. The minimum atomic E-state index is 0.0226. The highest BCUT2D eigenvalue weighted by Gasteiger charge is 2.03. The number of aromatic nitrogens is 2. The van der Waals surface area contributed by atoms with E-state index in [1.54, 1.807) is 18.6 Å². The molecule has 80 valence electrons. The molecule has 0 spiro atoms. The first-order chi connectivity index (χ1) is 7.66. The van der Waals surface area contributed by atoms with Crippen molar-refractivity contribution in [3.8, 4) is 11.1 Å². The standard InChI is InChI=1S/C13H12N2O/c1-9-3-4-11(8-15-9)13-5-12(10(2)16)6-14-7-13/h3-8H,1-2H3. The van der Waals surface area contributed by atoms with Crippen LogP contribution < -0.4 is 0 Å². The van der Waals surface area contributed by atoms with Crippen molar-refractivity contribution in [3.05, 3.63) is 48.0 Å². The molecule has 0 amide bonds. The molecule has 0 atom stereocenters. The van der Waals surface area contributed by atoms with Gasteiger partial charge < -0.3 is 0 Å². The maximum Gasteiger partial charge on any atom is 0.161 e. The van der Waals surface area contributed by atoms with Gasteiger partial charge in [0, 0.05) is 41.0 Å². The van der Waals surface area contributed by atoms with E-state index in [0.717, 1.165) is 16.8 Å². The number of nitrogens with zero attached hydrogens (tertiary/aromatic N) is 2. The van der Waals surface area contributed by atoms with Crippen LogP contribution in [0.2, 0.25) is 0 Å². The van der Waals surface area contributed by atoms with Crippen molar-refractivity contribution in [2.24, 2.45) is 0 Å². The molecule has 0 radical (unpaired) electrons. The first kappa shape index (κ1) is 10.5. The number of rotatable bonds is 2. The second-order valence-electron chi connectivity index (χ2n) is 3.71. The molecule has 0 saturated carbocycles. The summed E-state index contributed by atoms with van der Waals surface area (Å²) < 4.78 is 0. The van der Waals surface area contributed by atoms with Crippen LogP contribution in [0, 0.1) is 6.92 Å². The molecule has 2 aromatic heterocycles. The normalized spacial score (nSPS) is 10.1. The first-order valence-corrected chi connectivity index (χ1v) is 5.06. The lowest BCUT2D eigenvalue weighted by atomic mass is 10.1. The van der Waals surface area contributed by atoms with Crippen LogP contribution in [-0.4, -0.2) is 15.8 Å². The van der Waals surface area contributed by atoms with Gasteiger partial charge in [0.2, 0.25) is 0 Å². The average Bonchev–Trinajstić information content (AvgIpc) is 2.30. The SMILES string of the molecule is CC(=O)c1cncc(-c2ccc(C)nc2)c1. The molecule has 3 nitrogen and oxygen atoms in total. The molecule has 2 rings (SSSR count). The van der Waals surface area contributed by atoms with Crippen LogP contribution in [0.25, 0.3) is 11.1 Å². The van der Waals surface area contributed by atoms with E-state index >= 15 is 0 Å². The third-order valence-corrected chi connectivity index (χ3v) is 2.39. The van der Waals surface area contributed by atoms with Crippen molar-refractivity contribution >= 4 is 5.78 Å². The van der Waals surface area contributed by atoms with Crippen LogP contribution in [0.3, 0.4) is 0 Å². The van der Waals surface area contributed by atoms with E-state index in [4.69, 9.17) is 0 Å². The Morgan fingerprint density at radius 3 is 2.56 bits per heavy atom. The third kappa shape index (κ3) is 2.14. The highest BCUT2D eigenvalue weighted by Crippen LogP contribution is 2.18. The van der Waals surface area contributed by atoms with E-state index in [-0.39, 0.29) is 5.78 Å². The van der Waals surface area contributed by atoms with Crippen LogP contribution in [0.5, 0.6) is 0 Å². The Kier molecular flexibility index (Phi) is 2.77. The number of carbonyl (C=O) groups is 1. The predicted molar refractivity (Wildman–Crippen MR) is 62.2 cm³/mol. The molecule has 3 heteroatoms. The molecule has 0 N–H and O–H groups in total. The summed E-state index contributed by atoms with van der Waals surface area (Å²) in [6.07, 6.45) is 5.10. The van der Waals surface area contributed by atoms with E-state index in [1.807, 2.05) is 25.1 Å². The number of pyridine rings is 2. The van der Waals surface area contributed by atoms with Crippen LogP contribution in [0.15, 0.2) is 36.8 Å². The number of ketones is 1. The van der Waals surface area contributed by atoms with Crippen molar-refractivity contribution in [3.63, 3.8) is 0 Å². The van der Waals surface area contributed by atoms with Gasteiger partial charge in [-0.15, -0.1) is 0 Å². The molecule has 0 fully saturated rings. The molecular formula is C13H12N2O. The highest BCUT2D eigenvalue weighted by atomic mass is 16.1. The highest BCUT2D eigenvalue weighted by molar-refractivity contribution is 5.94. The van der Waals surface area contributed by atoms with Crippen molar-refractivity contribution in [1.29, 1.82) is 0 Å². The molecule has 0 unspecified atom stereocenters. The van der Waals surface area contributed by atoms with E-state index in [0.29, 0.717) is 5.56 Å². The van der Waals surface area contributed by atoms with Gasteiger partial charge in [-0.2, -0.15) is 0 Å². The van der Waals surface area contributed by atoms with E-state index in [2.05, 4.69) is 9.97 Å². The van der Waals surface area contributed by atoms with Crippen molar-refractivity contribution in [2.75, 3.05) is 0 Å². The summed E-state index contributed by atoms with van der Waals surface area (Å²) in [6.45, 7) is 3.47. The van der Waals surface area contributed by atoms with Gasteiger partial charge in [-0.3, -0.25) is 14.8 Å². The molecule has 16 heavy (non-hydrogen) atoms. The van der Waals surface area contributed by atoms with Gasteiger partial charge in [-0.25, -0.2) is 0 Å². The Hall–Kier alpha value is -2.03. The van der Waals surface area contributed by atoms with Crippen LogP contribution in [-0.2, 0) is 0 Å². The Morgan fingerprint density at radius 1 is 1.12 bits per heavy atom. The molecular weight excluding hydrogens is 200 g/mol. The van der Waals surface area contributed by atoms with E-state index in [1.165, 1.54) is 6.92 Å². The number of Topliss-reactive ketones (excluding diaryl/α,β-unsaturated/α-hetero) is 1. The minimum absolute atomic E-state index is 0.0226. The third-order valence-electron chi connectivity index (χ3n) is 2.39. The quantitative estimate of drug-likeness (QED) is 0.719. The molecule has 2 aromatic rings. The smallest absolute Gasteiger partial charge is 0.161 e. The molecule has 0 saturated heterocycles. The summed E-state index contributed by atoms with van der Waals surface area (Å²) >= 11 is 0. The van der Waals surface area contributed by atoms with Gasteiger partial charge in [0.15, 0.2) is 5.78 Å². The van der Waals surface area contributed by atoms with Gasteiger partial charge >= 0.3 is 0 Å². The molecule has 0 aliphatic rings. The maximum atomic E-state index is 11.2. The molecule has 2 heterocycles. The Morgan fingerprint density at radius 2 is 1.94 bits per heavy atom. The van der Waals surface area contributed by atoms with E-state index in [9.17, 15) is 4.79 Å². The monoisotopic (exact) mass is 212 g/mol. The van der Waals surface area contributed by atoms with Gasteiger partial charge in [0.1, 0.15) is 0 Å². The van der Waals surface area contributed by atoms with E-state index < -0.39 is 0 Å². The summed E-state index contributed by atoms with van der Waals surface area (Å²) in [4.78, 5) is 19.5. The summed E-state index contributed by atoms with van der Waals surface area (Å²) in [7, 11) is 0. The van der Waals surface area contributed by atoms with Crippen LogP contribution in [0.1, 0.15) is 23.0 Å². The summed E-state index contributed by atoms with van der Waals surface area (Å²) in [5.74, 6) is 0.0226. The molecule has 0 bridgehead atoms. The Labute approximate surface area is 94.2 Å². The minimum Gasteiger partial charge on any atom is -0.294 e. The van der Waals surface area contributed by atoms with Crippen molar-refractivity contribution in [2.45, 2.75) is 13.8 Å². The number of hydrogen-bond donors (Lipinski definition) is 0. The van der Waals surface area contributed by atoms with Gasteiger partial charge in [0.25, 0.3) is 0 Å². The second kappa shape index (κ2) is 4.23. The predicted octanol–water partition coefficient (Wildman–Crippen LogP) is 2.65. The van der Waals surface area contributed by atoms with Crippen LogP contribution >= 0.6 is 0 Å². The summed E-state index contributed by atoms with van der Waals surface area (Å²) in [5.41, 5.74) is 3.49. The number of carbonyl (C=O) groups excluding carboxylic acids is 1. The Bertz CT molecular complexity index is 518. The van der Waals surface area contributed by atoms with Crippen molar-refractivity contribution in [1.82, 2.24) is 9.97 Å². The lowest BCUT2D eigenvalue weighted by molar-refractivity contribution is 0.101.